The SMILES string of the molecule is CC(=O)N(CC(=O)N1CCN(C=O)CC1)c1ccc(Cl)c(Cl)c1. The zero-order valence-electron chi connectivity index (χ0n) is 12.7. The molecule has 2 rings (SSSR count). The van der Waals surface area contributed by atoms with Crippen LogP contribution < -0.4 is 4.90 Å². The summed E-state index contributed by atoms with van der Waals surface area (Å²) in [5.74, 6) is -0.430. The number of hydrogen-bond acceptors (Lipinski definition) is 3. The average molecular weight is 358 g/mol. The number of hydrogen-bond donors (Lipinski definition) is 0. The minimum atomic E-state index is -0.261. The van der Waals surface area contributed by atoms with Crippen LogP contribution >= 0.6 is 23.2 Å². The van der Waals surface area contributed by atoms with E-state index in [4.69, 9.17) is 23.2 Å². The van der Waals surface area contributed by atoms with Crippen LogP contribution in [-0.4, -0.2) is 60.7 Å². The topological polar surface area (TPSA) is 60.9 Å². The molecule has 8 heteroatoms. The van der Waals surface area contributed by atoms with E-state index in [0.29, 0.717) is 41.9 Å². The Kier molecular flexibility index (Phi) is 5.85. The van der Waals surface area contributed by atoms with Crippen molar-refractivity contribution in [1.29, 1.82) is 0 Å². The Morgan fingerprint density at radius 3 is 2.35 bits per heavy atom. The fraction of sp³-hybridized carbons (Fsp3) is 0.400. The zero-order valence-corrected chi connectivity index (χ0v) is 14.2. The van der Waals surface area contributed by atoms with Crippen LogP contribution in [0.5, 0.6) is 0 Å². The molecule has 1 aliphatic heterocycles. The molecule has 0 saturated carbocycles. The monoisotopic (exact) mass is 357 g/mol. The Labute approximate surface area is 144 Å². The van der Waals surface area contributed by atoms with Crippen molar-refractivity contribution in [3.8, 4) is 0 Å². The zero-order chi connectivity index (χ0) is 17.0. The second-order valence-corrected chi connectivity index (χ2v) is 6.04. The molecule has 3 amide bonds. The molecular weight excluding hydrogens is 341 g/mol. The Morgan fingerprint density at radius 1 is 1.17 bits per heavy atom. The molecule has 0 aliphatic carbocycles. The van der Waals surface area contributed by atoms with E-state index in [9.17, 15) is 14.4 Å². The molecule has 0 unspecified atom stereocenters. The Morgan fingerprint density at radius 2 is 1.83 bits per heavy atom. The van der Waals surface area contributed by atoms with Crippen LogP contribution in [0.4, 0.5) is 5.69 Å². The first kappa shape index (κ1) is 17.6. The first-order valence-electron chi connectivity index (χ1n) is 7.12. The van der Waals surface area contributed by atoms with Crippen molar-refractivity contribution < 1.29 is 14.4 Å². The average Bonchev–Trinajstić information content (AvgIpc) is 2.55. The third kappa shape index (κ3) is 4.36. The molecule has 23 heavy (non-hydrogen) atoms. The summed E-state index contributed by atoms with van der Waals surface area (Å²) in [4.78, 5) is 39.6. The van der Waals surface area contributed by atoms with Gasteiger partial charge in [0, 0.05) is 38.8 Å². The van der Waals surface area contributed by atoms with E-state index in [1.807, 2.05) is 0 Å². The van der Waals surface area contributed by atoms with Crippen molar-refractivity contribution in [2.45, 2.75) is 6.92 Å². The molecule has 124 valence electrons. The Hall–Kier alpha value is -1.79. The summed E-state index contributed by atoms with van der Waals surface area (Å²) in [5.41, 5.74) is 0.520. The van der Waals surface area contributed by atoms with Gasteiger partial charge in [-0.2, -0.15) is 0 Å². The lowest BCUT2D eigenvalue weighted by Crippen LogP contribution is -2.51. The van der Waals surface area contributed by atoms with Gasteiger partial charge in [0.1, 0.15) is 6.54 Å². The molecule has 1 fully saturated rings. The van der Waals surface area contributed by atoms with Gasteiger partial charge in [-0.05, 0) is 18.2 Å². The van der Waals surface area contributed by atoms with Crippen LogP contribution in [0, 0.1) is 0 Å². The number of nitrogens with zero attached hydrogens (tertiary/aromatic N) is 3. The fourth-order valence-electron chi connectivity index (χ4n) is 2.35. The highest BCUT2D eigenvalue weighted by atomic mass is 35.5. The van der Waals surface area contributed by atoms with Crippen LogP contribution in [0.3, 0.4) is 0 Å². The number of carbonyl (C=O) groups excluding carboxylic acids is 3. The molecule has 1 aromatic carbocycles. The van der Waals surface area contributed by atoms with Crippen LogP contribution in [0.15, 0.2) is 18.2 Å². The van der Waals surface area contributed by atoms with Crippen LogP contribution in [0.25, 0.3) is 0 Å². The lowest BCUT2D eigenvalue weighted by molar-refractivity contribution is -0.134. The molecule has 0 radical (unpaired) electrons. The highest BCUT2D eigenvalue weighted by Gasteiger charge is 2.24. The first-order valence-corrected chi connectivity index (χ1v) is 7.88. The maximum atomic E-state index is 12.4. The van der Waals surface area contributed by atoms with Gasteiger partial charge in [0.15, 0.2) is 0 Å². The van der Waals surface area contributed by atoms with E-state index in [2.05, 4.69) is 0 Å². The number of piperazine rings is 1. The van der Waals surface area contributed by atoms with Gasteiger partial charge in [-0.25, -0.2) is 0 Å². The third-order valence-corrected chi connectivity index (χ3v) is 4.44. The maximum Gasteiger partial charge on any atom is 0.242 e. The first-order chi connectivity index (χ1) is 10.9. The van der Waals surface area contributed by atoms with Crippen LogP contribution in [0.1, 0.15) is 6.92 Å². The largest absolute Gasteiger partial charge is 0.342 e. The summed E-state index contributed by atoms with van der Waals surface area (Å²) in [5, 5.41) is 0.706. The standard InChI is InChI=1S/C15H17Cl2N3O3/c1-11(22)20(12-2-3-13(16)14(17)8-12)9-15(23)19-6-4-18(10-21)5-7-19/h2-3,8,10H,4-7,9H2,1H3. The van der Waals surface area contributed by atoms with Gasteiger partial charge < -0.3 is 14.7 Å². The maximum absolute atomic E-state index is 12.4. The molecule has 0 atom stereocenters. The minimum absolute atomic E-state index is 0.0750. The number of anilines is 1. The predicted molar refractivity (Wildman–Crippen MR) is 88.7 cm³/mol. The van der Waals surface area contributed by atoms with E-state index >= 15 is 0 Å². The lowest BCUT2D eigenvalue weighted by Gasteiger charge is -2.34. The predicted octanol–water partition coefficient (Wildman–Crippen LogP) is 1.65. The van der Waals surface area contributed by atoms with Crippen LogP contribution in [-0.2, 0) is 14.4 Å². The van der Waals surface area contributed by atoms with E-state index in [1.165, 1.54) is 11.8 Å². The van der Waals surface area contributed by atoms with E-state index in [-0.39, 0.29) is 18.4 Å². The molecule has 0 N–H and O–H groups in total. The van der Waals surface area contributed by atoms with Gasteiger partial charge in [-0.15, -0.1) is 0 Å². The molecule has 1 heterocycles. The lowest BCUT2D eigenvalue weighted by atomic mass is 10.2. The second-order valence-electron chi connectivity index (χ2n) is 5.23. The van der Waals surface area contributed by atoms with Gasteiger partial charge in [-0.3, -0.25) is 14.4 Å². The Bertz CT molecular complexity index is 616. The van der Waals surface area contributed by atoms with Gasteiger partial charge in [-0.1, -0.05) is 23.2 Å². The highest BCUT2D eigenvalue weighted by molar-refractivity contribution is 6.42. The van der Waals surface area contributed by atoms with Gasteiger partial charge in [0.05, 0.1) is 10.0 Å². The molecule has 0 bridgehead atoms. The normalized spacial score (nSPS) is 14.6. The number of halogens is 2. The van der Waals surface area contributed by atoms with Gasteiger partial charge in [0.25, 0.3) is 0 Å². The molecule has 1 saturated heterocycles. The van der Waals surface area contributed by atoms with Crippen molar-refractivity contribution >= 4 is 47.1 Å². The number of rotatable bonds is 4. The molecule has 1 aromatic rings. The summed E-state index contributed by atoms with van der Waals surface area (Å²) in [6.07, 6.45) is 0.777. The molecule has 6 nitrogen and oxygen atoms in total. The van der Waals surface area contributed by atoms with Crippen molar-refractivity contribution in [3.05, 3.63) is 28.2 Å². The smallest absolute Gasteiger partial charge is 0.242 e. The Balaban J connectivity index is 2.07. The van der Waals surface area contributed by atoms with E-state index in [1.54, 1.807) is 28.0 Å². The minimum Gasteiger partial charge on any atom is -0.342 e. The van der Waals surface area contributed by atoms with Gasteiger partial charge >= 0.3 is 0 Å². The molecule has 0 aromatic heterocycles. The van der Waals surface area contributed by atoms with Gasteiger partial charge in [0.2, 0.25) is 18.2 Å². The fourth-order valence-corrected chi connectivity index (χ4v) is 2.64. The third-order valence-electron chi connectivity index (χ3n) is 3.70. The van der Waals surface area contributed by atoms with Crippen molar-refractivity contribution in [3.63, 3.8) is 0 Å². The molecule has 1 aliphatic rings. The van der Waals surface area contributed by atoms with Crippen molar-refractivity contribution in [2.24, 2.45) is 0 Å². The number of benzene rings is 1. The van der Waals surface area contributed by atoms with E-state index < -0.39 is 0 Å². The number of amides is 3. The summed E-state index contributed by atoms with van der Waals surface area (Å²) in [7, 11) is 0. The summed E-state index contributed by atoms with van der Waals surface area (Å²) < 4.78 is 0. The van der Waals surface area contributed by atoms with E-state index in [0.717, 1.165) is 6.41 Å². The van der Waals surface area contributed by atoms with Crippen molar-refractivity contribution in [2.75, 3.05) is 37.6 Å². The quantitative estimate of drug-likeness (QED) is 0.769. The van der Waals surface area contributed by atoms with Crippen molar-refractivity contribution in [1.82, 2.24) is 9.80 Å². The van der Waals surface area contributed by atoms with Crippen LogP contribution in [0.2, 0.25) is 10.0 Å². The summed E-state index contributed by atoms with van der Waals surface area (Å²) in [6, 6.07) is 4.79. The summed E-state index contributed by atoms with van der Waals surface area (Å²) >= 11 is 11.9. The highest BCUT2D eigenvalue weighted by Crippen LogP contribution is 2.27. The second kappa shape index (κ2) is 7.66. The summed E-state index contributed by atoms with van der Waals surface area (Å²) in [6.45, 7) is 3.24. The number of carbonyl (C=O) groups is 3. The molecular formula is C15H17Cl2N3O3. The molecule has 0 spiro atoms.